The largest absolute Gasteiger partial charge is 0.356 e. The van der Waals surface area contributed by atoms with Crippen LogP contribution in [-0.2, 0) is 4.79 Å². The van der Waals surface area contributed by atoms with Crippen molar-refractivity contribution in [3.8, 4) is 0 Å². The van der Waals surface area contributed by atoms with Gasteiger partial charge in [0, 0.05) is 50.5 Å². The molecule has 0 spiro atoms. The standard InChI is InChI=1S/C28H47N7O/c36-27(22-12-15-29-21-22)30-16-13-25-24(11-8-20-35(25)23-9-4-3-5-10-23)32-28-31-17-14-26(33-28)34-18-6-1-2-7-19-34/h14,17,22-25,29H,1-13,15-16,18-21H2,(H,30,36)(H,31,32,33)/t22-,24?,25?/m0/s1. The van der Waals surface area contributed by atoms with E-state index in [0.29, 0.717) is 18.1 Å². The molecule has 2 unspecified atom stereocenters. The number of rotatable bonds is 8. The average molecular weight is 498 g/mol. The Hall–Kier alpha value is -1.93. The third-order valence-corrected chi connectivity index (χ3v) is 8.92. The van der Waals surface area contributed by atoms with Gasteiger partial charge in [-0.25, -0.2) is 4.98 Å². The molecule has 1 aromatic rings. The Morgan fingerprint density at radius 3 is 2.56 bits per heavy atom. The van der Waals surface area contributed by atoms with Gasteiger partial charge in [-0.15, -0.1) is 0 Å². The third kappa shape index (κ3) is 6.68. The summed E-state index contributed by atoms with van der Waals surface area (Å²) in [7, 11) is 0. The number of hydrogen-bond acceptors (Lipinski definition) is 7. The minimum absolute atomic E-state index is 0.134. The molecule has 4 fully saturated rings. The van der Waals surface area contributed by atoms with Crippen molar-refractivity contribution in [3.63, 3.8) is 0 Å². The van der Waals surface area contributed by atoms with Gasteiger partial charge in [0.25, 0.3) is 0 Å². The lowest BCUT2D eigenvalue weighted by molar-refractivity contribution is -0.124. The molecule has 0 radical (unpaired) electrons. The molecule has 0 bridgehead atoms. The van der Waals surface area contributed by atoms with Crippen molar-refractivity contribution in [1.29, 1.82) is 0 Å². The van der Waals surface area contributed by atoms with Crippen LogP contribution < -0.4 is 20.9 Å². The van der Waals surface area contributed by atoms with Gasteiger partial charge < -0.3 is 20.9 Å². The van der Waals surface area contributed by atoms with E-state index < -0.39 is 0 Å². The van der Waals surface area contributed by atoms with E-state index in [1.807, 2.05) is 6.20 Å². The minimum atomic E-state index is 0.134. The van der Waals surface area contributed by atoms with Gasteiger partial charge in [0.15, 0.2) is 0 Å². The van der Waals surface area contributed by atoms with Crippen LogP contribution in [0.2, 0.25) is 0 Å². The molecule has 3 aliphatic heterocycles. The monoisotopic (exact) mass is 497 g/mol. The molecule has 3 atom stereocenters. The molecule has 1 amide bonds. The second-order valence-electron chi connectivity index (χ2n) is 11.4. The van der Waals surface area contributed by atoms with Gasteiger partial charge in [-0.1, -0.05) is 32.1 Å². The molecular formula is C28H47N7O. The van der Waals surface area contributed by atoms with Crippen LogP contribution in [0.15, 0.2) is 12.3 Å². The number of hydrogen-bond donors (Lipinski definition) is 3. The third-order valence-electron chi connectivity index (χ3n) is 8.92. The van der Waals surface area contributed by atoms with Gasteiger partial charge in [0.2, 0.25) is 11.9 Å². The quantitative estimate of drug-likeness (QED) is 0.506. The molecule has 8 heteroatoms. The van der Waals surface area contributed by atoms with Crippen molar-refractivity contribution in [1.82, 2.24) is 25.5 Å². The first kappa shape index (κ1) is 25.7. The Bertz CT molecular complexity index is 816. The van der Waals surface area contributed by atoms with Crippen LogP contribution >= 0.6 is 0 Å². The van der Waals surface area contributed by atoms with E-state index in [4.69, 9.17) is 4.98 Å². The summed E-state index contributed by atoms with van der Waals surface area (Å²) >= 11 is 0. The maximum Gasteiger partial charge on any atom is 0.224 e. The summed E-state index contributed by atoms with van der Waals surface area (Å²) < 4.78 is 0. The molecule has 4 aliphatic rings. The number of amides is 1. The van der Waals surface area contributed by atoms with E-state index in [1.165, 1.54) is 70.8 Å². The molecule has 8 nitrogen and oxygen atoms in total. The molecule has 1 aliphatic carbocycles. The number of piperidine rings is 1. The predicted octanol–water partition coefficient (Wildman–Crippen LogP) is 3.55. The Labute approximate surface area is 217 Å². The Morgan fingerprint density at radius 1 is 0.972 bits per heavy atom. The van der Waals surface area contributed by atoms with Crippen LogP contribution in [0.4, 0.5) is 11.8 Å². The summed E-state index contributed by atoms with van der Waals surface area (Å²) in [6.07, 6.45) is 18.0. The topological polar surface area (TPSA) is 85.4 Å². The minimum Gasteiger partial charge on any atom is -0.356 e. The van der Waals surface area contributed by atoms with Gasteiger partial charge in [0.1, 0.15) is 5.82 Å². The first-order chi connectivity index (χ1) is 17.8. The van der Waals surface area contributed by atoms with Gasteiger partial charge >= 0.3 is 0 Å². The highest BCUT2D eigenvalue weighted by Crippen LogP contribution is 2.31. The lowest BCUT2D eigenvalue weighted by Crippen LogP contribution is -2.56. The number of carbonyl (C=O) groups is 1. The smallest absolute Gasteiger partial charge is 0.224 e. The normalized spacial score (nSPS) is 28.6. The van der Waals surface area contributed by atoms with Gasteiger partial charge in [-0.2, -0.15) is 4.98 Å². The number of nitrogens with zero attached hydrogens (tertiary/aromatic N) is 4. The van der Waals surface area contributed by atoms with Crippen LogP contribution in [0.25, 0.3) is 0 Å². The molecule has 3 N–H and O–H groups in total. The molecular weight excluding hydrogens is 450 g/mol. The second-order valence-corrected chi connectivity index (χ2v) is 11.4. The van der Waals surface area contributed by atoms with E-state index >= 15 is 0 Å². The highest BCUT2D eigenvalue weighted by molar-refractivity contribution is 5.79. The zero-order valence-electron chi connectivity index (χ0n) is 22.1. The molecule has 0 aromatic carbocycles. The lowest BCUT2D eigenvalue weighted by Gasteiger charge is -2.47. The Balaban J connectivity index is 1.26. The van der Waals surface area contributed by atoms with Crippen LogP contribution in [0, 0.1) is 5.92 Å². The van der Waals surface area contributed by atoms with E-state index in [-0.39, 0.29) is 11.8 Å². The summed E-state index contributed by atoms with van der Waals surface area (Å²) in [5.41, 5.74) is 0. The van der Waals surface area contributed by atoms with Crippen LogP contribution in [0.5, 0.6) is 0 Å². The summed E-state index contributed by atoms with van der Waals surface area (Å²) in [4.78, 5) is 27.5. The van der Waals surface area contributed by atoms with Crippen molar-refractivity contribution in [2.45, 2.75) is 102 Å². The molecule has 1 aromatic heterocycles. The van der Waals surface area contributed by atoms with Crippen molar-refractivity contribution in [2.24, 2.45) is 5.92 Å². The molecule has 1 saturated carbocycles. The fourth-order valence-electron chi connectivity index (χ4n) is 6.91. The number of carbonyl (C=O) groups excluding carboxylic acids is 1. The zero-order chi connectivity index (χ0) is 24.6. The summed E-state index contributed by atoms with van der Waals surface area (Å²) in [5.74, 6) is 2.18. The van der Waals surface area contributed by atoms with Crippen LogP contribution in [-0.4, -0.2) is 78.2 Å². The molecule has 36 heavy (non-hydrogen) atoms. The first-order valence-corrected chi connectivity index (χ1v) is 14.9. The van der Waals surface area contributed by atoms with Crippen LogP contribution in [0.3, 0.4) is 0 Å². The molecule has 200 valence electrons. The van der Waals surface area contributed by atoms with E-state index in [9.17, 15) is 4.79 Å². The van der Waals surface area contributed by atoms with Crippen molar-refractivity contribution >= 4 is 17.7 Å². The van der Waals surface area contributed by atoms with Gasteiger partial charge in [-0.05, 0) is 70.5 Å². The molecule has 5 rings (SSSR count). The summed E-state index contributed by atoms with van der Waals surface area (Å²) in [6, 6.07) is 3.45. The summed E-state index contributed by atoms with van der Waals surface area (Å²) in [6.45, 7) is 5.87. The van der Waals surface area contributed by atoms with E-state index in [1.54, 1.807) is 0 Å². The van der Waals surface area contributed by atoms with Gasteiger partial charge in [-0.3, -0.25) is 9.69 Å². The maximum atomic E-state index is 12.6. The predicted molar refractivity (Wildman–Crippen MR) is 145 cm³/mol. The zero-order valence-corrected chi connectivity index (χ0v) is 22.1. The summed E-state index contributed by atoms with van der Waals surface area (Å²) in [5, 5.41) is 10.4. The Kier molecular flexibility index (Phi) is 9.31. The first-order valence-electron chi connectivity index (χ1n) is 14.9. The number of likely N-dealkylation sites (tertiary alicyclic amines) is 1. The fraction of sp³-hybridized carbons (Fsp3) is 0.821. The van der Waals surface area contributed by atoms with E-state index in [2.05, 4.69) is 36.8 Å². The molecule has 4 heterocycles. The van der Waals surface area contributed by atoms with Crippen molar-refractivity contribution in [2.75, 3.05) is 49.5 Å². The SMILES string of the molecule is O=C(NCCC1C(Nc2nccc(N3CCCCCC3)n2)CCCN1C1CCCCC1)[C@H]1CCNC1. The number of nitrogens with one attached hydrogen (secondary N) is 3. The van der Waals surface area contributed by atoms with E-state index in [0.717, 1.165) is 63.8 Å². The van der Waals surface area contributed by atoms with Crippen LogP contribution in [0.1, 0.15) is 83.5 Å². The highest BCUT2D eigenvalue weighted by Gasteiger charge is 2.36. The number of aromatic nitrogens is 2. The lowest BCUT2D eigenvalue weighted by atomic mass is 9.87. The fourth-order valence-corrected chi connectivity index (χ4v) is 6.91. The second kappa shape index (κ2) is 13.0. The number of anilines is 2. The Morgan fingerprint density at radius 2 is 1.78 bits per heavy atom. The van der Waals surface area contributed by atoms with Crippen molar-refractivity contribution < 1.29 is 4.79 Å². The molecule has 3 saturated heterocycles. The highest BCUT2D eigenvalue weighted by atomic mass is 16.1. The maximum absolute atomic E-state index is 12.6. The van der Waals surface area contributed by atoms with Crippen molar-refractivity contribution in [3.05, 3.63) is 12.3 Å². The average Bonchev–Trinajstić information content (AvgIpc) is 3.33. The van der Waals surface area contributed by atoms with Gasteiger partial charge in [0.05, 0.1) is 5.92 Å².